The van der Waals surface area contributed by atoms with Crippen molar-refractivity contribution in [2.75, 3.05) is 0 Å². The molecular formula is C68H52N14Ru2+4. The van der Waals surface area contributed by atoms with Crippen molar-refractivity contribution in [2.45, 2.75) is 27.7 Å². The number of pyridine rings is 12. The molecule has 84 heavy (non-hydrogen) atoms. The van der Waals surface area contributed by atoms with Gasteiger partial charge in [-0.2, -0.15) is 0 Å². The topological polar surface area (TPSA) is 180 Å². The number of hydrogen-bond acceptors (Lipinski definition) is 14. The van der Waals surface area contributed by atoms with Crippen LogP contribution in [0.5, 0.6) is 0 Å². The maximum Gasteiger partial charge on any atom is 2.00 e. The summed E-state index contributed by atoms with van der Waals surface area (Å²) >= 11 is 0. The van der Waals surface area contributed by atoms with Crippen molar-refractivity contribution >= 4 is 65.7 Å². The third-order valence-corrected chi connectivity index (χ3v) is 13.0. The number of rotatable bonds is 4. The molecule has 0 N–H and O–H groups in total. The van der Waals surface area contributed by atoms with Crippen LogP contribution in [0.25, 0.3) is 111 Å². The molecule has 0 amide bonds. The molecule has 13 heterocycles. The molecule has 16 heteroatoms. The summed E-state index contributed by atoms with van der Waals surface area (Å²) in [6.07, 6.45) is 21.5. The maximum absolute atomic E-state index is 5.14. The van der Waals surface area contributed by atoms with Gasteiger partial charge in [0.05, 0.1) is 89.7 Å². The van der Waals surface area contributed by atoms with Gasteiger partial charge in [-0.15, -0.1) is 0 Å². The van der Waals surface area contributed by atoms with Crippen molar-refractivity contribution in [1.82, 2.24) is 69.8 Å². The first-order valence-electron chi connectivity index (χ1n) is 26.4. The van der Waals surface area contributed by atoms with Gasteiger partial charge in [0.1, 0.15) is 0 Å². The third kappa shape index (κ3) is 13.9. The Morgan fingerprint density at radius 2 is 0.405 bits per heavy atom. The quantitative estimate of drug-likeness (QED) is 0.0922. The van der Waals surface area contributed by atoms with Gasteiger partial charge < -0.3 is 0 Å². The van der Waals surface area contributed by atoms with Crippen molar-refractivity contribution in [3.63, 3.8) is 0 Å². The van der Waals surface area contributed by atoms with E-state index in [1.165, 1.54) is 22.3 Å². The van der Waals surface area contributed by atoms with Crippen LogP contribution >= 0.6 is 0 Å². The van der Waals surface area contributed by atoms with Crippen LogP contribution in [0.15, 0.2) is 244 Å². The SMILES string of the molecule is Cc1ccnc(-c2ccccn2)c1.Cc1ccnc(-c2ccccn2)c1.Cc1ccnc(-c2ccccn2)c1.Cc1ccnc(-c2ccccn2)c1.[Ru+2].[Ru+2].c1cnc2c(c1)c1nc3c4cccnc4c4ncccc4c3nc1c1cccnc12. The number of aromatic nitrogens is 14. The van der Waals surface area contributed by atoms with Crippen LogP contribution in [0, 0.1) is 27.7 Å². The molecule has 406 valence electrons. The van der Waals surface area contributed by atoms with Gasteiger partial charge in [-0.3, -0.25) is 59.8 Å². The molecule has 0 atom stereocenters. The molecule has 0 saturated carbocycles. The molecule has 0 unspecified atom stereocenters. The summed E-state index contributed by atoms with van der Waals surface area (Å²) in [4.78, 5) is 62.6. The van der Waals surface area contributed by atoms with Gasteiger partial charge in [0.15, 0.2) is 0 Å². The van der Waals surface area contributed by atoms with Crippen LogP contribution in [-0.4, -0.2) is 69.8 Å². The van der Waals surface area contributed by atoms with E-state index in [4.69, 9.17) is 9.97 Å². The molecule has 2 aromatic carbocycles. The minimum atomic E-state index is 0. The Morgan fingerprint density at radius 3 is 0.607 bits per heavy atom. The zero-order chi connectivity index (χ0) is 56.0. The van der Waals surface area contributed by atoms with Crippen molar-refractivity contribution < 1.29 is 39.0 Å². The average Bonchev–Trinajstić information content (AvgIpc) is 3.67. The summed E-state index contributed by atoms with van der Waals surface area (Å²) in [5.74, 6) is 0. The fraction of sp³-hybridized carbons (Fsp3) is 0.0588. The van der Waals surface area contributed by atoms with E-state index in [0.29, 0.717) is 0 Å². The van der Waals surface area contributed by atoms with Gasteiger partial charge in [0.2, 0.25) is 0 Å². The van der Waals surface area contributed by atoms with Gasteiger partial charge in [-0.1, -0.05) is 24.3 Å². The van der Waals surface area contributed by atoms with E-state index in [1.54, 1.807) is 74.4 Å². The molecule has 15 rings (SSSR count). The van der Waals surface area contributed by atoms with Gasteiger partial charge in [-0.25, -0.2) is 9.97 Å². The second-order valence-electron chi connectivity index (χ2n) is 18.9. The largest absolute Gasteiger partial charge is 2.00 e. The summed E-state index contributed by atoms with van der Waals surface area (Å²) in [5.41, 5.74) is 18.8. The van der Waals surface area contributed by atoms with Crippen LogP contribution < -0.4 is 0 Å². The zero-order valence-corrected chi connectivity index (χ0v) is 49.5. The first-order chi connectivity index (χ1) is 40.3. The first-order valence-corrected chi connectivity index (χ1v) is 26.4. The second kappa shape index (κ2) is 28.2. The van der Waals surface area contributed by atoms with Gasteiger partial charge in [0.25, 0.3) is 0 Å². The molecule has 14 nitrogen and oxygen atoms in total. The maximum atomic E-state index is 5.14. The normalized spacial score (nSPS) is 10.4. The molecule has 0 aliphatic heterocycles. The van der Waals surface area contributed by atoms with Crippen LogP contribution in [0.1, 0.15) is 22.3 Å². The Bertz CT molecular complexity index is 4060. The van der Waals surface area contributed by atoms with Crippen LogP contribution in [0.3, 0.4) is 0 Å². The van der Waals surface area contributed by atoms with Crippen LogP contribution in [-0.2, 0) is 39.0 Å². The summed E-state index contributed by atoms with van der Waals surface area (Å²) < 4.78 is 0. The Hall–Kier alpha value is -9.87. The summed E-state index contributed by atoms with van der Waals surface area (Å²) in [7, 11) is 0. The molecule has 0 radical (unpaired) electrons. The van der Waals surface area contributed by atoms with Crippen molar-refractivity contribution in [3.05, 3.63) is 266 Å². The van der Waals surface area contributed by atoms with E-state index in [0.717, 1.165) is 111 Å². The van der Waals surface area contributed by atoms with Crippen molar-refractivity contribution in [2.24, 2.45) is 0 Å². The number of fused-ring (bicyclic) bond motifs is 12. The fourth-order valence-electron chi connectivity index (χ4n) is 9.09. The van der Waals surface area contributed by atoms with Crippen LogP contribution in [0.2, 0.25) is 0 Å². The summed E-state index contributed by atoms with van der Waals surface area (Å²) in [5, 5.41) is 3.76. The third-order valence-electron chi connectivity index (χ3n) is 13.0. The minimum absolute atomic E-state index is 0. The van der Waals surface area contributed by atoms with Gasteiger partial charge in [-0.05, 0) is 196 Å². The van der Waals surface area contributed by atoms with E-state index in [-0.39, 0.29) is 39.0 Å². The predicted molar refractivity (Wildman–Crippen MR) is 327 cm³/mol. The number of benzene rings is 2. The standard InChI is InChI=1S/C24H12N6.4C11H10N2.2Ru/c1-5-13-17(25-9-1)18-14(6-2-10-26-18)22-21(13)29-23-15-7-3-11-27-19(15)20-16(24(23)30-22)8-4-12-28-20;4*1-9-5-7-13-11(8-9)10-4-2-3-6-12-10;;/h1-12H;4*2-8H,1H3;;/q;;;;;2*+2. The molecule has 15 aromatic rings. The Labute approximate surface area is 510 Å². The molecule has 0 aliphatic carbocycles. The van der Waals surface area contributed by atoms with E-state index in [9.17, 15) is 0 Å². The molecule has 0 aliphatic rings. The smallest absolute Gasteiger partial charge is 0.255 e. The molecule has 0 saturated heterocycles. The average molecular weight is 1270 g/mol. The van der Waals surface area contributed by atoms with Gasteiger partial charge in [0, 0.05) is 95.9 Å². The summed E-state index contributed by atoms with van der Waals surface area (Å²) in [6.45, 7) is 8.20. The Morgan fingerprint density at radius 1 is 0.190 bits per heavy atom. The van der Waals surface area contributed by atoms with E-state index < -0.39 is 0 Å². The fourth-order valence-corrected chi connectivity index (χ4v) is 9.09. The number of aryl methyl sites for hydroxylation is 4. The molecule has 0 bridgehead atoms. The zero-order valence-electron chi connectivity index (χ0n) is 46.1. The van der Waals surface area contributed by atoms with Crippen molar-refractivity contribution in [3.8, 4) is 45.6 Å². The molecular weight excluding hydrogens is 1210 g/mol. The molecule has 13 aromatic heterocycles. The molecule has 0 fully saturated rings. The monoisotopic (exact) mass is 1270 g/mol. The van der Waals surface area contributed by atoms with Gasteiger partial charge >= 0.3 is 39.0 Å². The molecule has 0 spiro atoms. The summed E-state index contributed by atoms with van der Waals surface area (Å²) in [6, 6.07) is 55.2. The Kier molecular flexibility index (Phi) is 19.7. The number of nitrogens with zero attached hydrogens (tertiary/aromatic N) is 14. The van der Waals surface area contributed by atoms with E-state index in [2.05, 4.69) is 59.8 Å². The van der Waals surface area contributed by atoms with Crippen molar-refractivity contribution in [1.29, 1.82) is 0 Å². The minimum Gasteiger partial charge on any atom is -0.255 e. The van der Waals surface area contributed by atoms with E-state index in [1.807, 2.05) is 198 Å². The number of hydrogen-bond donors (Lipinski definition) is 0. The first kappa shape index (κ1) is 58.8. The van der Waals surface area contributed by atoms with Crippen LogP contribution in [0.4, 0.5) is 0 Å². The van der Waals surface area contributed by atoms with E-state index >= 15 is 0 Å². The second-order valence-corrected chi connectivity index (χ2v) is 18.9. The Balaban J connectivity index is 0.000000134. The predicted octanol–water partition coefficient (Wildman–Crippen LogP) is 14.8.